The molecule has 5 nitrogen and oxygen atoms in total. The summed E-state index contributed by atoms with van der Waals surface area (Å²) in [4.78, 5) is 7.22. The van der Waals surface area contributed by atoms with Crippen molar-refractivity contribution in [1.29, 1.82) is 0 Å². The monoisotopic (exact) mass is 178 g/mol. The largest absolute Gasteiger partial charge is 0.420 e. The van der Waals surface area contributed by atoms with E-state index in [0.29, 0.717) is 11.8 Å². The summed E-state index contributed by atoms with van der Waals surface area (Å²) >= 11 is 0. The Morgan fingerprint density at radius 2 is 2.31 bits per heavy atom. The molecule has 0 radical (unpaired) electrons. The Morgan fingerprint density at radius 1 is 1.46 bits per heavy atom. The van der Waals surface area contributed by atoms with Crippen LogP contribution >= 0.6 is 0 Å². The summed E-state index contributed by atoms with van der Waals surface area (Å²) in [6.07, 6.45) is 2.57. The summed E-state index contributed by atoms with van der Waals surface area (Å²) in [5.74, 6) is 1.97. The lowest BCUT2D eigenvalue weighted by Gasteiger charge is -1.86. The molecule has 2 aromatic rings. The van der Waals surface area contributed by atoms with Crippen LogP contribution in [0.4, 0.5) is 0 Å². The van der Waals surface area contributed by atoms with Gasteiger partial charge in [-0.1, -0.05) is 6.92 Å². The van der Waals surface area contributed by atoms with Gasteiger partial charge in [0.15, 0.2) is 0 Å². The standard InChI is InChI=1S/C8H10N4O/c1-3-7-9-4-6(10-7)8-12-11-5(2)13-8/h4H,3H2,1-2H3,(H,9,10). The van der Waals surface area contributed by atoms with E-state index in [1.165, 1.54) is 0 Å². The Hall–Kier alpha value is -1.65. The maximum absolute atomic E-state index is 5.23. The topological polar surface area (TPSA) is 67.6 Å². The highest BCUT2D eigenvalue weighted by Crippen LogP contribution is 2.14. The van der Waals surface area contributed by atoms with Crippen LogP contribution in [0.1, 0.15) is 18.6 Å². The first-order valence-electron chi connectivity index (χ1n) is 4.14. The van der Waals surface area contributed by atoms with Crippen LogP contribution in [0.3, 0.4) is 0 Å². The summed E-state index contributed by atoms with van der Waals surface area (Å²) in [5, 5.41) is 7.61. The second kappa shape index (κ2) is 3.01. The molecular weight excluding hydrogens is 168 g/mol. The number of nitrogens with zero attached hydrogens (tertiary/aromatic N) is 3. The van der Waals surface area contributed by atoms with Gasteiger partial charge in [0.1, 0.15) is 11.5 Å². The number of aromatic amines is 1. The van der Waals surface area contributed by atoms with Crippen LogP contribution in [-0.4, -0.2) is 20.2 Å². The van der Waals surface area contributed by atoms with Crippen LogP contribution in [0.2, 0.25) is 0 Å². The fraction of sp³-hybridized carbons (Fsp3) is 0.375. The molecule has 0 aliphatic heterocycles. The van der Waals surface area contributed by atoms with Gasteiger partial charge < -0.3 is 9.40 Å². The molecule has 0 aliphatic rings. The van der Waals surface area contributed by atoms with Crippen molar-refractivity contribution in [3.8, 4) is 11.6 Å². The third kappa shape index (κ3) is 1.44. The number of hydrogen-bond acceptors (Lipinski definition) is 4. The van der Waals surface area contributed by atoms with E-state index < -0.39 is 0 Å². The van der Waals surface area contributed by atoms with E-state index in [4.69, 9.17) is 4.42 Å². The van der Waals surface area contributed by atoms with E-state index in [1.54, 1.807) is 13.1 Å². The zero-order valence-corrected chi connectivity index (χ0v) is 7.53. The van der Waals surface area contributed by atoms with Crippen molar-refractivity contribution in [1.82, 2.24) is 20.2 Å². The van der Waals surface area contributed by atoms with Gasteiger partial charge in [-0.15, -0.1) is 10.2 Å². The van der Waals surface area contributed by atoms with Crippen LogP contribution in [0.5, 0.6) is 0 Å². The first-order chi connectivity index (χ1) is 6.29. The van der Waals surface area contributed by atoms with Crippen molar-refractivity contribution >= 4 is 0 Å². The van der Waals surface area contributed by atoms with Crippen molar-refractivity contribution in [3.63, 3.8) is 0 Å². The number of rotatable bonds is 2. The molecular formula is C8H10N4O. The molecule has 0 saturated carbocycles. The minimum absolute atomic E-state index is 0.490. The minimum atomic E-state index is 0.490. The molecule has 1 N–H and O–H groups in total. The molecule has 13 heavy (non-hydrogen) atoms. The van der Waals surface area contributed by atoms with Gasteiger partial charge >= 0.3 is 0 Å². The summed E-state index contributed by atoms with van der Waals surface area (Å²) in [6, 6.07) is 0. The Labute approximate surface area is 75.2 Å². The Kier molecular flexibility index (Phi) is 1.84. The van der Waals surface area contributed by atoms with Crippen molar-refractivity contribution in [2.24, 2.45) is 0 Å². The summed E-state index contributed by atoms with van der Waals surface area (Å²) in [7, 11) is 0. The molecule has 5 heteroatoms. The average molecular weight is 178 g/mol. The normalized spacial score (nSPS) is 10.6. The number of imidazole rings is 1. The quantitative estimate of drug-likeness (QED) is 0.753. The van der Waals surface area contributed by atoms with Gasteiger partial charge in [-0.25, -0.2) is 4.98 Å². The first kappa shape index (κ1) is 7.97. The van der Waals surface area contributed by atoms with E-state index >= 15 is 0 Å². The molecule has 0 unspecified atom stereocenters. The molecule has 2 heterocycles. The van der Waals surface area contributed by atoms with Gasteiger partial charge in [0.05, 0.1) is 6.20 Å². The SMILES string of the molecule is CCc1ncc(-c2nnc(C)o2)[nH]1. The van der Waals surface area contributed by atoms with Gasteiger partial charge in [-0.05, 0) is 0 Å². The second-order valence-electron chi connectivity index (χ2n) is 2.72. The van der Waals surface area contributed by atoms with Crippen molar-refractivity contribution < 1.29 is 4.42 Å². The molecule has 2 aromatic heterocycles. The van der Waals surface area contributed by atoms with Gasteiger partial charge in [0, 0.05) is 13.3 Å². The van der Waals surface area contributed by atoms with Gasteiger partial charge in [0.2, 0.25) is 5.89 Å². The molecule has 0 aliphatic carbocycles. The van der Waals surface area contributed by atoms with E-state index in [1.807, 2.05) is 6.92 Å². The number of H-pyrrole nitrogens is 1. The number of aryl methyl sites for hydroxylation is 2. The zero-order chi connectivity index (χ0) is 9.26. The van der Waals surface area contributed by atoms with E-state index in [2.05, 4.69) is 20.2 Å². The molecule has 0 amide bonds. The van der Waals surface area contributed by atoms with Crippen LogP contribution < -0.4 is 0 Å². The maximum Gasteiger partial charge on any atom is 0.265 e. The molecule has 0 bridgehead atoms. The average Bonchev–Trinajstić information content (AvgIpc) is 2.71. The Morgan fingerprint density at radius 3 is 2.85 bits per heavy atom. The molecule has 0 fully saturated rings. The predicted molar refractivity (Wildman–Crippen MR) is 46.0 cm³/mol. The van der Waals surface area contributed by atoms with Crippen molar-refractivity contribution in [3.05, 3.63) is 17.9 Å². The predicted octanol–water partition coefficient (Wildman–Crippen LogP) is 1.33. The minimum Gasteiger partial charge on any atom is -0.420 e. The Balaban J connectivity index is 2.35. The smallest absolute Gasteiger partial charge is 0.265 e. The van der Waals surface area contributed by atoms with Crippen molar-refractivity contribution in [2.75, 3.05) is 0 Å². The fourth-order valence-corrected chi connectivity index (χ4v) is 1.06. The summed E-state index contributed by atoms with van der Waals surface area (Å²) in [6.45, 7) is 3.79. The van der Waals surface area contributed by atoms with Crippen LogP contribution in [0.15, 0.2) is 10.6 Å². The lowest BCUT2D eigenvalue weighted by Crippen LogP contribution is -1.82. The summed E-state index contributed by atoms with van der Waals surface area (Å²) < 4.78 is 5.23. The van der Waals surface area contributed by atoms with E-state index in [-0.39, 0.29) is 0 Å². The molecule has 2 rings (SSSR count). The third-order valence-electron chi connectivity index (χ3n) is 1.72. The molecule has 0 saturated heterocycles. The molecule has 0 aromatic carbocycles. The number of hydrogen-bond donors (Lipinski definition) is 1. The van der Waals surface area contributed by atoms with E-state index in [0.717, 1.165) is 17.9 Å². The fourth-order valence-electron chi connectivity index (χ4n) is 1.06. The molecule has 0 spiro atoms. The maximum atomic E-state index is 5.23. The zero-order valence-electron chi connectivity index (χ0n) is 7.53. The summed E-state index contributed by atoms with van der Waals surface area (Å²) in [5.41, 5.74) is 0.775. The highest BCUT2D eigenvalue weighted by atomic mass is 16.4. The highest BCUT2D eigenvalue weighted by molar-refractivity contribution is 5.44. The van der Waals surface area contributed by atoms with Gasteiger partial charge in [-0.2, -0.15) is 0 Å². The lowest BCUT2D eigenvalue weighted by atomic mass is 10.5. The van der Waals surface area contributed by atoms with Crippen LogP contribution in [0.25, 0.3) is 11.6 Å². The van der Waals surface area contributed by atoms with Crippen LogP contribution in [0, 0.1) is 6.92 Å². The molecule has 68 valence electrons. The van der Waals surface area contributed by atoms with Gasteiger partial charge in [-0.3, -0.25) is 0 Å². The van der Waals surface area contributed by atoms with Gasteiger partial charge in [0.25, 0.3) is 5.89 Å². The lowest BCUT2D eigenvalue weighted by molar-refractivity contribution is 0.531. The number of aromatic nitrogens is 4. The second-order valence-corrected chi connectivity index (χ2v) is 2.72. The first-order valence-corrected chi connectivity index (χ1v) is 4.14. The molecule has 0 atom stereocenters. The number of nitrogens with one attached hydrogen (secondary N) is 1. The van der Waals surface area contributed by atoms with Crippen LogP contribution in [-0.2, 0) is 6.42 Å². The third-order valence-corrected chi connectivity index (χ3v) is 1.72. The Bertz CT molecular complexity index is 404. The van der Waals surface area contributed by atoms with Crippen molar-refractivity contribution in [2.45, 2.75) is 20.3 Å². The highest BCUT2D eigenvalue weighted by Gasteiger charge is 2.08. The van der Waals surface area contributed by atoms with E-state index in [9.17, 15) is 0 Å².